The molecule has 0 saturated carbocycles. The van der Waals surface area contributed by atoms with E-state index in [1.165, 1.54) is 0 Å². The molecule has 7 rings (SSSR count). The van der Waals surface area contributed by atoms with Gasteiger partial charge in [0.25, 0.3) is 0 Å². The van der Waals surface area contributed by atoms with Crippen molar-refractivity contribution in [3.05, 3.63) is 103 Å². The van der Waals surface area contributed by atoms with Crippen molar-refractivity contribution in [1.82, 2.24) is 19.9 Å². The van der Waals surface area contributed by atoms with E-state index in [1.807, 2.05) is 60.8 Å². The first-order valence-corrected chi connectivity index (χ1v) is 13.8. The Hall–Kier alpha value is -4.46. The van der Waals surface area contributed by atoms with Crippen LogP contribution in [0.15, 0.2) is 103 Å². The summed E-state index contributed by atoms with van der Waals surface area (Å²) in [7, 11) is -0.425. The summed E-state index contributed by atoms with van der Waals surface area (Å²) in [6.07, 6.45) is 3.61. The van der Waals surface area contributed by atoms with Gasteiger partial charge < -0.3 is 9.31 Å². The van der Waals surface area contributed by atoms with Crippen molar-refractivity contribution in [2.75, 3.05) is 0 Å². The second kappa shape index (κ2) is 9.58. The number of nitrogens with zero attached hydrogens (tertiary/aromatic N) is 4. The predicted molar refractivity (Wildman–Crippen MR) is 165 cm³/mol. The molecule has 1 aliphatic heterocycles. The molecular formula is C34H29BN4O2. The molecule has 3 aromatic heterocycles. The van der Waals surface area contributed by atoms with Crippen LogP contribution in [0.3, 0.4) is 0 Å². The number of fused-ring (bicyclic) bond motifs is 3. The van der Waals surface area contributed by atoms with E-state index in [1.54, 1.807) is 6.20 Å². The molecule has 0 N–H and O–H groups in total. The van der Waals surface area contributed by atoms with Crippen molar-refractivity contribution >= 4 is 34.4 Å². The Kier molecular flexibility index (Phi) is 5.96. The predicted octanol–water partition coefficient (Wildman–Crippen LogP) is 6.87. The smallest absolute Gasteiger partial charge is 0.399 e. The lowest BCUT2D eigenvalue weighted by Gasteiger charge is -2.32. The molecule has 0 radical (unpaired) electrons. The summed E-state index contributed by atoms with van der Waals surface area (Å²) in [6, 6.07) is 30.6. The lowest BCUT2D eigenvalue weighted by molar-refractivity contribution is 0.00578. The van der Waals surface area contributed by atoms with Crippen LogP contribution in [0.1, 0.15) is 27.7 Å². The van der Waals surface area contributed by atoms with Crippen LogP contribution in [0.5, 0.6) is 0 Å². The van der Waals surface area contributed by atoms with Crippen LogP contribution < -0.4 is 5.46 Å². The summed E-state index contributed by atoms with van der Waals surface area (Å²) in [5.41, 5.74) is 6.50. The third-order valence-electron chi connectivity index (χ3n) is 8.23. The monoisotopic (exact) mass is 536 g/mol. The molecule has 0 amide bonds. The summed E-state index contributed by atoms with van der Waals surface area (Å²) in [4.78, 5) is 19.4. The number of hydrogen-bond donors (Lipinski definition) is 0. The Morgan fingerprint density at radius 1 is 0.610 bits per heavy atom. The van der Waals surface area contributed by atoms with Gasteiger partial charge in [-0.05, 0) is 57.4 Å². The highest BCUT2D eigenvalue weighted by molar-refractivity contribution is 6.62. The summed E-state index contributed by atoms with van der Waals surface area (Å²) in [5.74, 6) is 0.644. The molecule has 1 fully saturated rings. The van der Waals surface area contributed by atoms with E-state index in [0.29, 0.717) is 5.82 Å². The standard InChI is InChI=1S/C34H29BN4O2/c1-33(2)34(3,4)41-35(40-33)25-16-14-23(15-17-25)32-38-28(22-10-6-5-7-11-22)21-29(39-32)27-20-24-12-8-18-36-30(24)31-26(27)13-9-19-37-31/h5-21H,1-4H3. The van der Waals surface area contributed by atoms with E-state index >= 15 is 0 Å². The van der Waals surface area contributed by atoms with Gasteiger partial charge in [0.1, 0.15) is 0 Å². The molecule has 41 heavy (non-hydrogen) atoms. The van der Waals surface area contributed by atoms with Gasteiger partial charge in [0.15, 0.2) is 5.82 Å². The first-order valence-electron chi connectivity index (χ1n) is 13.8. The van der Waals surface area contributed by atoms with Gasteiger partial charge in [0.2, 0.25) is 0 Å². The van der Waals surface area contributed by atoms with Gasteiger partial charge in [-0.15, -0.1) is 0 Å². The Balaban J connectivity index is 1.37. The summed E-state index contributed by atoms with van der Waals surface area (Å²) >= 11 is 0. The fourth-order valence-electron chi connectivity index (χ4n) is 5.23. The summed E-state index contributed by atoms with van der Waals surface area (Å²) in [6.45, 7) is 8.25. The van der Waals surface area contributed by atoms with Crippen LogP contribution >= 0.6 is 0 Å². The van der Waals surface area contributed by atoms with E-state index in [-0.39, 0.29) is 0 Å². The largest absolute Gasteiger partial charge is 0.494 e. The molecule has 1 aliphatic rings. The van der Waals surface area contributed by atoms with Gasteiger partial charge in [0.05, 0.1) is 33.6 Å². The van der Waals surface area contributed by atoms with Crippen molar-refractivity contribution in [3.63, 3.8) is 0 Å². The highest BCUT2D eigenvalue weighted by Crippen LogP contribution is 2.37. The maximum atomic E-state index is 6.26. The van der Waals surface area contributed by atoms with Crippen LogP contribution in [0, 0.1) is 0 Å². The van der Waals surface area contributed by atoms with Crippen LogP contribution in [0.4, 0.5) is 0 Å². The SMILES string of the molecule is CC1(C)OB(c2ccc(-c3nc(-c4ccccc4)cc(-c4cc5cccnc5c5ncccc45)n3)cc2)OC1(C)C. The Labute approximate surface area is 239 Å². The molecule has 0 atom stereocenters. The number of aromatic nitrogens is 4. The van der Waals surface area contributed by atoms with Crippen LogP contribution in [0.25, 0.3) is 55.7 Å². The number of rotatable bonds is 4. The highest BCUT2D eigenvalue weighted by atomic mass is 16.7. The molecule has 1 saturated heterocycles. The average molecular weight is 536 g/mol. The zero-order chi connectivity index (χ0) is 28.2. The third kappa shape index (κ3) is 4.47. The van der Waals surface area contributed by atoms with Crippen molar-refractivity contribution in [2.24, 2.45) is 0 Å². The van der Waals surface area contributed by atoms with Gasteiger partial charge in [-0.3, -0.25) is 9.97 Å². The Morgan fingerprint density at radius 2 is 1.27 bits per heavy atom. The second-order valence-corrected chi connectivity index (χ2v) is 11.4. The van der Waals surface area contributed by atoms with Crippen LogP contribution in [0.2, 0.25) is 0 Å². The van der Waals surface area contributed by atoms with Crippen molar-refractivity contribution < 1.29 is 9.31 Å². The summed E-state index contributed by atoms with van der Waals surface area (Å²) in [5, 5.41) is 2.01. The zero-order valence-corrected chi connectivity index (χ0v) is 23.5. The van der Waals surface area contributed by atoms with E-state index in [0.717, 1.165) is 55.3 Å². The maximum absolute atomic E-state index is 6.26. The molecule has 200 valence electrons. The van der Waals surface area contributed by atoms with E-state index < -0.39 is 18.3 Å². The van der Waals surface area contributed by atoms with Crippen molar-refractivity contribution in [1.29, 1.82) is 0 Å². The molecule has 0 unspecified atom stereocenters. The molecule has 4 heterocycles. The quantitative estimate of drug-likeness (QED) is 0.181. The zero-order valence-electron chi connectivity index (χ0n) is 23.5. The molecule has 3 aromatic carbocycles. The minimum Gasteiger partial charge on any atom is -0.399 e. The van der Waals surface area contributed by atoms with E-state index in [9.17, 15) is 0 Å². The molecule has 6 aromatic rings. The topological polar surface area (TPSA) is 70.0 Å². The molecule has 0 bridgehead atoms. The number of hydrogen-bond acceptors (Lipinski definition) is 6. The first kappa shape index (κ1) is 25.5. The first-order chi connectivity index (χ1) is 19.8. The second-order valence-electron chi connectivity index (χ2n) is 11.4. The number of pyridine rings is 2. The van der Waals surface area contributed by atoms with Crippen molar-refractivity contribution in [2.45, 2.75) is 38.9 Å². The fourth-order valence-corrected chi connectivity index (χ4v) is 5.23. The Bertz CT molecular complexity index is 1890. The number of benzene rings is 3. The Morgan fingerprint density at radius 3 is 2.00 bits per heavy atom. The third-order valence-corrected chi connectivity index (χ3v) is 8.23. The fraction of sp³-hybridized carbons (Fsp3) is 0.176. The van der Waals surface area contributed by atoms with Gasteiger partial charge in [-0.2, -0.15) is 0 Å². The van der Waals surface area contributed by atoms with E-state index in [2.05, 4.69) is 69.1 Å². The molecular weight excluding hydrogens is 507 g/mol. The molecule has 0 aliphatic carbocycles. The van der Waals surface area contributed by atoms with Crippen LogP contribution in [-0.4, -0.2) is 38.3 Å². The van der Waals surface area contributed by atoms with Crippen LogP contribution in [-0.2, 0) is 9.31 Å². The summed E-state index contributed by atoms with van der Waals surface area (Å²) < 4.78 is 12.5. The van der Waals surface area contributed by atoms with Gasteiger partial charge >= 0.3 is 7.12 Å². The van der Waals surface area contributed by atoms with E-state index in [4.69, 9.17) is 24.3 Å². The van der Waals surface area contributed by atoms with Gasteiger partial charge in [-0.25, -0.2) is 9.97 Å². The van der Waals surface area contributed by atoms with Gasteiger partial charge in [0, 0.05) is 39.9 Å². The minimum atomic E-state index is -0.425. The molecule has 7 heteroatoms. The lowest BCUT2D eigenvalue weighted by atomic mass is 9.79. The van der Waals surface area contributed by atoms with Crippen molar-refractivity contribution in [3.8, 4) is 33.9 Å². The molecule has 6 nitrogen and oxygen atoms in total. The average Bonchev–Trinajstić information content (AvgIpc) is 3.23. The minimum absolute atomic E-state index is 0.397. The molecule has 0 spiro atoms. The normalized spacial score (nSPS) is 16.0. The lowest BCUT2D eigenvalue weighted by Crippen LogP contribution is -2.41. The van der Waals surface area contributed by atoms with Gasteiger partial charge in [-0.1, -0.05) is 66.7 Å². The maximum Gasteiger partial charge on any atom is 0.494 e. The highest BCUT2D eigenvalue weighted by Gasteiger charge is 2.51.